The summed E-state index contributed by atoms with van der Waals surface area (Å²) in [7, 11) is 0. The van der Waals surface area contributed by atoms with Gasteiger partial charge in [-0.2, -0.15) is 0 Å². The number of nitrogens with zero attached hydrogens (tertiary/aromatic N) is 2. The van der Waals surface area contributed by atoms with E-state index in [0.717, 1.165) is 15.5 Å². The Morgan fingerprint density at radius 2 is 2.22 bits per heavy atom. The number of benzene rings is 1. The third kappa shape index (κ3) is 4.37. The summed E-state index contributed by atoms with van der Waals surface area (Å²) in [5.74, 6) is 0.593. The van der Waals surface area contributed by atoms with Crippen LogP contribution in [0, 0.1) is 0 Å². The number of nitrogens with one attached hydrogen (secondary N) is 1. The first-order valence-corrected chi connectivity index (χ1v) is 9.77. The van der Waals surface area contributed by atoms with Gasteiger partial charge in [-0.1, -0.05) is 23.9 Å². The molecule has 118 valence electrons. The molecule has 0 fully saturated rings. The summed E-state index contributed by atoms with van der Waals surface area (Å²) in [5.41, 5.74) is 0.784. The highest BCUT2D eigenvalue weighted by Crippen LogP contribution is 2.26. The molecule has 0 aliphatic rings. The van der Waals surface area contributed by atoms with E-state index in [1.165, 1.54) is 23.1 Å². The second-order valence-corrected chi connectivity index (χ2v) is 7.17. The third-order valence-electron chi connectivity index (χ3n) is 2.82. The molecule has 0 saturated carbocycles. The lowest BCUT2D eigenvalue weighted by molar-refractivity contribution is -0.113. The molecule has 0 spiro atoms. The van der Waals surface area contributed by atoms with E-state index in [1.807, 2.05) is 48.0 Å². The summed E-state index contributed by atoms with van der Waals surface area (Å²) in [6.45, 7) is 0. The van der Waals surface area contributed by atoms with Crippen molar-refractivity contribution in [2.24, 2.45) is 0 Å². The Morgan fingerprint density at radius 1 is 1.30 bits per heavy atom. The Balaban J connectivity index is 1.54. The highest BCUT2D eigenvalue weighted by molar-refractivity contribution is 7.99. The predicted molar refractivity (Wildman–Crippen MR) is 95.2 cm³/mol. The fraction of sp³-hybridized carbons (Fsp3) is 0.133. The van der Waals surface area contributed by atoms with Crippen LogP contribution in [0.15, 0.2) is 56.3 Å². The van der Waals surface area contributed by atoms with Gasteiger partial charge in [0, 0.05) is 10.6 Å². The summed E-state index contributed by atoms with van der Waals surface area (Å²) in [6.07, 6.45) is 2.00. The number of rotatable bonds is 6. The Kier molecular flexibility index (Phi) is 5.37. The first-order chi connectivity index (χ1) is 11.2. The quantitative estimate of drug-likeness (QED) is 0.660. The molecule has 2 heterocycles. The minimum atomic E-state index is -0.107. The second kappa shape index (κ2) is 7.67. The van der Waals surface area contributed by atoms with Crippen LogP contribution < -0.4 is 5.32 Å². The van der Waals surface area contributed by atoms with Crippen LogP contribution in [0.4, 0.5) is 5.69 Å². The first kappa shape index (κ1) is 16.1. The van der Waals surface area contributed by atoms with Gasteiger partial charge in [0.2, 0.25) is 5.91 Å². The van der Waals surface area contributed by atoms with Gasteiger partial charge in [0.1, 0.15) is 0 Å². The van der Waals surface area contributed by atoms with Gasteiger partial charge in [0.15, 0.2) is 0 Å². The molecule has 1 N–H and O–H groups in total. The molecule has 3 rings (SSSR count). The molecule has 8 heteroatoms. The van der Waals surface area contributed by atoms with Gasteiger partial charge in [0.25, 0.3) is 11.1 Å². The van der Waals surface area contributed by atoms with Crippen LogP contribution in [0.25, 0.3) is 10.8 Å². The Hall–Kier alpha value is -1.77. The molecule has 5 nitrogen and oxygen atoms in total. The lowest BCUT2D eigenvalue weighted by atomic mass is 10.3. The Labute approximate surface area is 145 Å². The zero-order valence-corrected chi connectivity index (χ0v) is 14.6. The molecule has 0 bridgehead atoms. The molecule has 0 radical (unpaired) electrons. The number of thioether (sulfide) groups is 2. The average Bonchev–Trinajstić information content (AvgIpc) is 3.24. The van der Waals surface area contributed by atoms with Gasteiger partial charge < -0.3 is 9.73 Å². The molecule has 23 heavy (non-hydrogen) atoms. The molecule has 2 aromatic heterocycles. The van der Waals surface area contributed by atoms with E-state index in [1.54, 1.807) is 11.8 Å². The molecule has 1 amide bonds. The number of carbonyl (C=O) groups is 1. The minimum absolute atomic E-state index is 0.107. The van der Waals surface area contributed by atoms with E-state index in [9.17, 15) is 4.79 Å². The maximum atomic E-state index is 12.0. The van der Waals surface area contributed by atoms with Crippen LogP contribution in [0.5, 0.6) is 0 Å². The molecule has 0 aliphatic carbocycles. The summed E-state index contributed by atoms with van der Waals surface area (Å²) in [6, 6.07) is 11.6. The number of hydrogen-bond acceptors (Lipinski definition) is 7. The smallest absolute Gasteiger partial charge is 0.277 e. The summed E-state index contributed by atoms with van der Waals surface area (Å²) in [4.78, 5) is 14.0. The van der Waals surface area contributed by atoms with Gasteiger partial charge in [-0.05, 0) is 35.9 Å². The Bertz CT molecular complexity index is 787. The lowest BCUT2D eigenvalue weighted by Gasteiger charge is -2.05. The van der Waals surface area contributed by atoms with Crippen molar-refractivity contribution in [3.8, 4) is 10.8 Å². The van der Waals surface area contributed by atoms with Gasteiger partial charge in [0.05, 0.1) is 10.6 Å². The van der Waals surface area contributed by atoms with Crippen molar-refractivity contribution < 1.29 is 9.21 Å². The molecule has 0 saturated heterocycles. The van der Waals surface area contributed by atoms with Crippen molar-refractivity contribution in [3.63, 3.8) is 0 Å². The maximum Gasteiger partial charge on any atom is 0.277 e. The SMILES string of the molecule is CSc1cccc(NC(=O)CSc2nnc(-c3cccs3)o2)c1. The summed E-state index contributed by atoms with van der Waals surface area (Å²) >= 11 is 4.39. The normalized spacial score (nSPS) is 10.7. The first-order valence-electron chi connectivity index (χ1n) is 6.68. The zero-order chi connectivity index (χ0) is 16.1. The van der Waals surface area contributed by atoms with Crippen molar-refractivity contribution in [2.75, 3.05) is 17.3 Å². The summed E-state index contributed by atoms with van der Waals surface area (Å²) in [5, 5.41) is 13.1. The van der Waals surface area contributed by atoms with Gasteiger partial charge in [-0.25, -0.2) is 0 Å². The van der Waals surface area contributed by atoms with Crippen molar-refractivity contribution in [3.05, 3.63) is 41.8 Å². The topological polar surface area (TPSA) is 68.0 Å². The Morgan fingerprint density at radius 3 is 3.00 bits per heavy atom. The molecule has 0 aliphatic heterocycles. The highest BCUT2D eigenvalue weighted by atomic mass is 32.2. The van der Waals surface area contributed by atoms with E-state index >= 15 is 0 Å². The number of aromatic nitrogens is 2. The number of amides is 1. The van der Waals surface area contributed by atoms with E-state index in [4.69, 9.17) is 4.42 Å². The lowest BCUT2D eigenvalue weighted by Crippen LogP contribution is -2.13. The van der Waals surface area contributed by atoms with E-state index in [0.29, 0.717) is 11.1 Å². The van der Waals surface area contributed by atoms with Gasteiger partial charge >= 0.3 is 0 Å². The summed E-state index contributed by atoms with van der Waals surface area (Å²) < 4.78 is 5.53. The average molecular weight is 363 g/mol. The monoisotopic (exact) mass is 363 g/mol. The van der Waals surface area contributed by atoms with E-state index in [-0.39, 0.29) is 11.7 Å². The van der Waals surface area contributed by atoms with E-state index < -0.39 is 0 Å². The zero-order valence-electron chi connectivity index (χ0n) is 12.2. The number of hydrogen-bond donors (Lipinski definition) is 1. The fourth-order valence-corrected chi connectivity index (χ4v) is 3.46. The highest BCUT2D eigenvalue weighted by Gasteiger charge is 2.12. The maximum absolute atomic E-state index is 12.0. The van der Waals surface area contributed by atoms with Gasteiger partial charge in [-0.3, -0.25) is 4.79 Å². The molecule has 3 aromatic rings. The van der Waals surface area contributed by atoms with Gasteiger partial charge in [-0.15, -0.1) is 33.3 Å². The van der Waals surface area contributed by atoms with Crippen molar-refractivity contribution in [1.82, 2.24) is 10.2 Å². The van der Waals surface area contributed by atoms with Crippen LogP contribution in [-0.2, 0) is 4.79 Å². The second-order valence-electron chi connectivity index (χ2n) is 4.42. The third-order valence-corrected chi connectivity index (χ3v) is 5.22. The van der Waals surface area contributed by atoms with E-state index in [2.05, 4.69) is 15.5 Å². The minimum Gasteiger partial charge on any atom is -0.410 e. The molecular weight excluding hydrogens is 350 g/mol. The van der Waals surface area contributed by atoms with Crippen LogP contribution in [0.2, 0.25) is 0 Å². The molecular formula is C15H13N3O2S3. The largest absolute Gasteiger partial charge is 0.410 e. The molecule has 0 atom stereocenters. The van der Waals surface area contributed by atoms with Crippen LogP contribution in [-0.4, -0.2) is 28.1 Å². The van der Waals surface area contributed by atoms with Crippen molar-refractivity contribution >= 4 is 46.5 Å². The van der Waals surface area contributed by atoms with Crippen LogP contribution >= 0.6 is 34.9 Å². The predicted octanol–water partition coefficient (Wildman–Crippen LogP) is 4.25. The van der Waals surface area contributed by atoms with Crippen LogP contribution in [0.3, 0.4) is 0 Å². The van der Waals surface area contributed by atoms with Crippen LogP contribution in [0.1, 0.15) is 0 Å². The number of thiophene rings is 1. The molecule has 0 unspecified atom stereocenters. The van der Waals surface area contributed by atoms with Crippen molar-refractivity contribution in [2.45, 2.75) is 10.1 Å². The molecule has 1 aromatic carbocycles. The standard InChI is InChI=1S/C15H13N3O2S3/c1-21-11-5-2-4-10(8-11)16-13(19)9-23-15-18-17-14(20-15)12-6-3-7-22-12/h2-8H,9H2,1H3,(H,16,19). The fourth-order valence-electron chi connectivity index (χ4n) is 1.79. The van der Waals surface area contributed by atoms with Crippen molar-refractivity contribution in [1.29, 1.82) is 0 Å². The number of carbonyl (C=O) groups excluding carboxylic acids is 1. The number of anilines is 1.